The summed E-state index contributed by atoms with van der Waals surface area (Å²) in [5.41, 5.74) is 3.15. The quantitative estimate of drug-likeness (QED) is 0.689. The fourth-order valence-corrected chi connectivity index (χ4v) is 2.77. The molecule has 2 aromatic carbocycles. The normalized spacial score (nSPS) is 13.2. The Morgan fingerprint density at radius 2 is 1.75 bits per heavy atom. The van der Waals surface area contributed by atoms with Crippen LogP contribution in [0.5, 0.6) is 0 Å². The molecule has 0 spiro atoms. The standard InChI is InChI=1S/C21H20N4O3/c1-13-3-2-4-16(11-13)21-25-24-20(28-21)15-7-5-14(6-8-15)19(27)22-12-18(26)23-17-9-10-17/h2-8,11,17H,9-10,12H2,1H3,(H,22,27)(H,23,26). The van der Waals surface area contributed by atoms with Gasteiger partial charge in [0.2, 0.25) is 17.7 Å². The molecule has 0 atom stereocenters. The Kier molecular flexibility index (Phi) is 4.89. The van der Waals surface area contributed by atoms with Gasteiger partial charge in [0, 0.05) is 22.7 Å². The van der Waals surface area contributed by atoms with Gasteiger partial charge in [0.05, 0.1) is 6.54 Å². The van der Waals surface area contributed by atoms with Gasteiger partial charge in [-0.3, -0.25) is 9.59 Å². The second-order valence-corrected chi connectivity index (χ2v) is 6.88. The fourth-order valence-electron chi connectivity index (χ4n) is 2.77. The third-order valence-electron chi connectivity index (χ3n) is 4.44. The molecule has 0 radical (unpaired) electrons. The smallest absolute Gasteiger partial charge is 0.251 e. The van der Waals surface area contributed by atoms with Crippen molar-refractivity contribution in [3.8, 4) is 22.9 Å². The van der Waals surface area contributed by atoms with Crippen LogP contribution in [0.15, 0.2) is 52.9 Å². The predicted molar refractivity (Wildman–Crippen MR) is 103 cm³/mol. The summed E-state index contributed by atoms with van der Waals surface area (Å²) in [5, 5.41) is 13.6. The lowest BCUT2D eigenvalue weighted by molar-refractivity contribution is -0.120. The van der Waals surface area contributed by atoms with Gasteiger partial charge in [-0.15, -0.1) is 10.2 Å². The highest BCUT2D eigenvalue weighted by atomic mass is 16.4. The molecule has 1 saturated carbocycles. The summed E-state index contributed by atoms with van der Waals surface area (Å²) < 4.78 is 5.76. The van der Waals surface area contributed by atoms with Crippen molar-refractivity contribution in [1.29, 1.82) is 0 Å². The van der Waals surface area contributed by atoms with E-state index < -0.39 is 0 Å². The molecule has 7 nitrogen and oxygen atoms in total. The molecule has 1 heterocycles. The molecular weight excluding hydrogens is 356 g/mol. The van der Waals surface area contributed by atoms with Crippen molar-refractivity contribution < 1.29 is 14.0 Å². The van der Waals surface area contributed by atoms with Crippen molar-refractivity contribution in [2.45, 2.75) is 25.8 Å². The minimum Gasteiger partial charge on any atom is -0.416 e. The number of nitrogens with zero attached hydrogens (tertiary/aromatic N) is 2. The van der Waals surface area contributed by atoms with Gasteiger partial charge in [0.15, 0.2) is 0 Å². The molecule has 1 aliphatic carbocycles. The minimum atomic E-state index is -0.302. The van der Waals surface area contributed by atoms with Crippen LogP contribution < -0.4 is 10.6 Å². The summed E-state index contributed by atoms with van der Waals surface area (Å²) in [5.74, 6) is 0.361. The SMILES string of the molecule is Cc1cccc(-c2nnc(-c3ccc(C(=O)NCC(=O)NC4CC4)cc3)o2)c1. The van der Waals surface area contributed by atoms with Crippen LogP contribution in [0, 0.1) is 6.92 Å². The van der Waals surface area contributed by atoms with Crippen LogP contribution in [0.25, 0.3) is 22.9 Å². The number of hydrogen-bond acceptors (Lipinski definition) is 5. The van der Waals surface area contributed by atoms with E-state index in [2.05, 4.69) is 20.8 Å². The number of benzene rings is 2. The third-order valence-corrected chi connectivity index (χ3v) is 4.44. The van der Waals surface area contributed by atoms with Gasteiger partial charge in [0.25, 0.3) is 5.91 Å². The van der Waals surface area contributed by atoms with Gasteiger partial charge in [0.1, 0.15) is 0 Å². The first kappa shape index (κ1) is 17.9. The van der Waals surface area contributed by atoms with E-state index in [9.17, 15) is 9.59 Å². The summed E-state index contributed by atoms with van der Waals surface area (Å²) in [6, 6.07) is 14.9. The molecule has 0 bridgehead atoms. The fraction of sp³-hybridized carbons (Fsp3) is 0.238. The largest absolute Gasteiger partial charge is 0.416 e. The third kappa shape index (κ3) is 4.25. The molecule has 2 N–H and O–H groups in total. The highest BCUT2D eigenvalue weighted by Gasteiger charge is 2.23. The Hall–Kier alpha value is -3.48. The molecule has 2 amide bonds. The number of aryl methyl sites for hydroxylation is 1. The van der Waals surface area contributed by atoms with Gasteiger partial charge >= 0.3 is 0 Å². The predicted octanol–water partition coefficient (Wildman–Crippen LogP) is 2.72. The van der Waals surface area contributed by atoms with Crippen molar-refractivity contribution in [3.05, 3.63) is 59.7 Å². The molecule has 28 heavy (non-hydrogen) atoms. The molecule has 1 aromatic heterocycles. The summed E-state index contributed by atoms with van der Waals surface area (Å²) in [4.78, 5) is 23.8. The number of hydrogen-bond donors (Lipinski definition) is 2. The molecule has 1 fully saturated rings. The lowest BCUT2D eigenvalue weighted by atomic mass is 10.1. The summed E-state index contributed by atoms with van der Waals surface area (Å²) in [7, 11) is 0. The molecule has 1 aliphatic rings. The summed E-state index contributed by atoms with van der Waals surface area (Å²) in [6.45, 7) is 1.97. The van der Waals surface area contributed by atoms with Crippen LogP contribution in [0.1, 0.15) is 28.8 Å². The van der Waals surface area contributed by atoms with Gasteiger partial charge < -0.3 is 15.1 Å². The van der Waals surface area contributed by atoms with E-state index >= 15 is 0 Å². The monoisotopic (exact) mass is 376 g/mol. The van der Waals surface area contributed by atoms with Crippen molar-refractivity contribution >= 4 is 11.8 Å². The number of amides is 2. The topological polar surface area (TPSA) is 97.1 Å². The molecule has 0 unspecified atom stereocenters. The van der Waals surface area contributed by atoms with Crippen molar-refractivity contribution in [3.63, 3.8) is 0 Å². The number of aromatic nitrogens is 2. The van der Waals surface area contributed by atoms with Crippen LogP contribution in [0.4, 0.5) is 0 Å². The average molecular weight is 376 g/mol. The molecule has 4 rings (SSSR count). The lowest BCUT2D eigenvalue weighted by Crippen LogP contribution is -2.37. The van der Waals surface area contributed by atoms with Crippen LogP contribution in [0.2, 0.25) is 0 Å². The number of carbonyl (C=O) groups is 2. The number of nitrogens with one attached hydrogen (secondary N) is 2. The second kappa shape index (κ2) is 7.64. The molecule has 0 aliphatic heterocycles. The second-order valence-electron chi connectivity index (χ2n) is 6.88. The van der Waals surface area contributed by atoms with E-state index in [0.29, 0.717) is 17.3 Å². The van der Waals surface area contributed by atoms with Gasteiger partial charge in [-0.2, -0.15) is 0 Å². The van der Waals surface area contributed by atoms with Crippen molar-refractivity contribution in [2.75, 3.05) is 6.54 Å². The summed E-state index contributed by atoms with van der Waals surface area (Å²) >= 11 is 0. The summed E-state index contributed by atoms with van der Waals surface area (Å²) in [6.07, 6.45) is 2.03. The van der Waals surface area contributed by atoms with Gasteiger partial charge in [-0.1, -0.05) is 17.7 Å². The lowest BCUT2D eigenvalue weighted by Gasteiger charge is -2.06. The van der Waals surface area contributed by atoms with E-state index in [-0.39, 0.29) is 24.4 Å². The van der Waals surface area contributed by atoms with Gasteiger partial charge in [-0.25, -0.2) is 0 Å². The Morgan fingerprint density at radius 3 is 2.43 bits per heavy atom. The zero-order valence-corrected chi connectivity index (χ0v) is 15.4. The molecular formula is C21H20N4O3. The number of carbonyl (C=O) groups excluding carboxylic acids is 2. The minimum absolute atomic E-state index is 0.0272. The number of rotatable bonds is 6. The van der Waals surface area contributed by atoms with Crippen LogP contribution in [0.3, 0.4) is 0 Å². The van der Waals surface area contributed by atoms with E-state index in [1.165, 1.54) is 0 Å². The molecule has 7 heteroatoms. The Balaban J connectivity index is 1.40. The van der Waals surface area contributed by atoms with Gasteiger partial charge in [-0.05, 0) is 56.2 Å². The Bertz CT molecular complexity index is 1010. The van der Waals surface area contributed by atoms with E-state index in [0.717, 1.165) is 29.5 Å². The molecule has 0 saturated heterocycles. The Morgan fingerprint density at radius 1 is 1.04 bits per heavy atom. The first-order valence-corrected chi connectivity index (χ1v) is 9.17. The molecule has 3 aromatic rings. The maximum Gasteiger partial charge on any atom is 0.251 e. The maximum absolute atomic E-state index is 12.2. The van der Waals surface area contributed by atoms with E-state index in [4.69, 9.17) is 4.42 Å². The van der Waals surface area contributed by atoms with Crippen LogP contribution >= 0.6 is 0 Å². The highest BCUT2D eigenvalue weighted by Crippen LogP contribution is 2.24. The average Bonchev–Trinajstić information content (AvgIpc) is 3.37. The molecule has 142 valence electrons. The highest BCUT2D eigenvalue weighted by molar-refractivity contribution is 5.96. The van der Waals surface area contributed by atoms with Crippen molar-refractivity contribution in [1.82, 2.24) is 20.8 Å². The zero-order valence-electron chi connectivity index (χ0n) is 15.4. The van der Waals surface area contributed by atoms with Crippen LogP contribution in [-0.2, 0) is 4.79 Å². The maximum atomic E-state index is 12.2. The van der Waals surface area contributed by atoms with Crippen LogP contribution in [-0.4, -0.2) is 34.6 Å². The van der Waals surface area contributed by atoms with E-state index in [1.807, 2.05) is 31.2 Å². The Labute approximate surface area is 162 Å². The first-order chi connectivity index (χ1) is 13.6. The zero-order chi connectivity index (χ0) is 19.5. The van der Waals surface area contributed by atoms with E-state index in [1.54, 1.807) is 24.3 Å². The van der Waals surface area contributed by atoms with Crippen molar-refractivity contribution in [2.24, 2.45) is 0 Å². The first-order valence-electron chi connectivity index (χ1n) is 9.17.